The molecule has 1 aromatic carbocycles. The van der Waals surface area contributed by atoms with E-state index in [1.165, 1.54) is 0 Å². The SMILES string of the molecule is CC(CNC(=O)CC1COCCN1)Oc1cccc(Cl)c1. The van der Waals surface area contributed by atoms with Gasteiger partial charge in [-0.25, -0.2) is 0 Å². The molecule has 1 saturated heterocycles. The van der Waals surface area contributed by atoms with Crippen LogP contribution in [0.5, 0.6) is 5.75 Å². The van der Waals surface area contributed by atoms with Crippen LogP contribution in [-0.2, 0) is 9.53 Å². The third-order valence-electron chi connectivity index (χ3n) is 3.15. The summed E-state index contributed by atoms with van der Waals surface area (Å²) in [6.07, 6.45) is 0.298. The molecular weight excluding hydrogens is 292 g/mol. The number of halogens is 1. The lowest BCUT2D eigenvalue weighted by Gasteiger charge is -2.23. The van der Waals surface area contributed by atoms with Gasteiger partial charge in [0.25, 0.3) is 0 Å². The fraction of sp³-hybridized carbons (Fsp3) is 0.533. The maximum Gasteiger partial charge on any atom is 0.221 e. The fourth-order valence-corrected chi connectivity index (χ4v) is 2.30. The van der Waals surface area contributed by atoms with E-state index in [1.54, 1.807) is 12.1 Å². The Morgan fingerprint density at radius 1 is 1.62 bits per heavy atom. The molecule has 1 fully saturated rings. The van der Waals surface area contributed by atoms with Crippen LogP contribution in [0.15, 0.2) is 24.3 Å². The van der Waals surface area contributed by atoms with Gasteiger partial charge in [0.05, 0.1) is 19.8 Å². The quantitative estimate of drug-likeness (QED) is 0.838. The molecular formula is C15H21ClN2O3. The summed E-state index contributed by atoms with van der Waals surface area (Å²) in [6, 6.07) is 7.32. The summed E-state index contributed by atoms with van der Waals surface area (Å²) >= 11 is 5.90. The molecule has 2 atom stereocenters. The minimum atomic E-state index is -0.122. The zero-order valence-corrected chi connectivity index (χ0v) is 12.9. The Balaban J connectivity index is 1.68. The molecule has 2 unspecified atom stereocenters. The third-order valence-corrected chi connectivity index (χ3v) is 3.39. The zero-order valence-electron chi connectivity index (χ0n) is 12.1. The van der Waals surface area contributed by atoms with Crippen molar-refractivity contribution in [2.75, 3.05) is 26.3 Å². The zero-order chi connectivity index (χ0) is 15.1. The number of carbonyl (C=O) groups excluding carboxylic acids is 1. The highest BCUT2D eigenvalue weighted by Crippen LogP contribution is 2.18. The second kappa shape index (κ2) is 8.22. The molecule has 1 aliphatic rings. The number of rotatable bonds is 6. The summed E-state index contributed by atoms with van der Waals surface area (Å²) in [5.41, 5.74) is 0. The van der Waals surface area contributed by atoms with Gasteiger partial charge in [-0.2, -0.15) is 0 Å². The molecule has 2 N–H and O–H groups in total. The molecule has 0 aliphatic carbocycles. The monoisotopic (exact) mass is 312 g/mol. The molecule has 1 aliphatic heterocycles. The molecule has 6 heteroatoms. The second-order valence-electron chi connectivity index (χ2n) is 5.12. The van der Waals surface area contributed by atoms with E-state index in [9.17, 15) is 4.79 Å². The van der Waals surface area contributed by atoms with Crippen LogP contribution in [-0.4, -0.2) is 44.4 Å². The number of ether oxygens (including phenoxy) is 2. The van der Waals surface area contributed by atoms with Gasteiger partial charge in [-0.3, -0.25) is 4.79 Å². The summed E-state index contributed by atoms with van der Waals surface area (Å²) in [7, 11) is 0. The first-order chi connectivity index (χ1) is 10.1. The lowest BCUT2D eigenvalue weighted by atomic mass is 10.2. The number of benzene rings is 1. The summed E-state index contributed by atoms with van der Waals surface area (Å²) in [6.45, 7) is 4.46. The molecule has 1 aromatic rings. The Morgan fingerprint density at radius 2 is 2.48 bits per heavy atom. The molecule has 0 bridgehead atoms. The van der Waals surface area contributed by atoms with Gasteiger partial charge in [0.2, 0.25) is 5.91 Å². The van der Waals surface area contributed by atoms with Crippen molar-refractivity contribution < 1.29 is 14.3 Å². The van der Waals surface area contributed by atoms with E-state index >= 15 is 0 Å². The van der Waals surface area contributed by atoms with Crippen LogP contribution in [0.1, 0.15) is 13.3 Å². The van der Waals surface area contributed by atoms with Crippen molar-refractivity contribution in [1.29, 1.82) is 0 Å². The van der Waals surface area contributed by atoms with E-state index in [2.05, 4.69) is 10.6 Å². The molecule has 0 aromatic heterocycles. The molecule has 0 spiro atoms. The Hall–Kier alpha value is -1.30. The highest BCUT2D eigenvalue weighted by molar-refractivity contribution is 6.30. The topological polar surface area (TPSA) is 59.6 Å². The van der Waals surface area contributed by atoms with E-state index in [0.717, 1.165) is 6.54 Å². The first-order valence-electron chi connectivity index (χ1n) is 7.13. The average molecular weight is 313 g/mol. The second-order valence-corrected chi connectivity index (χ2v) is 5.56. The van der Waals surface area contributed by atoms with Gasteiger partial charge in [0.1, 0.15) is 11.9 Å². The minimum absolute atomic E-state index is 0.000422. The number of morpholine rings is 1. The molecule has 2 rings (SSSR count). The highest BCUT2D eigenvalue weighted by Gasteiger charge is 2.17. The first-order valence-corrected chi connectivity index (χ1v) is 7.51. The predicted molar refractivity (Wildman–Crippen MR) is 81.8 cm³/mol. The van der Waals surface area contributed by atoms with Crippen LogP contribution in [0.3, 0.4) is 0 Å². The van der Waals surface area contributed by atoms with E-state index in [4.69, 9.17) is 21.1 Å². The van der Waals surface area contributed by atoms with Crippen LogP contribution in [0.2, 0.25) is 5.02 Å². The Morgan fingerprint density at radius 3 is 3.19 bits per heavy atom. The lowest BCUT2D eigenvalue weighted by Crippen LogP contribution is -2.45. The third kappa shape index (κ3) is 5.91. The Labute approximate surface area is 130 Å². The van der Waals surface area contributed by atoms with E-state index < -0.39 is 0 Å². The van der Waals surface area contributed by atoms with Crippen molar-refractivity contribution in [2.45, 2.75) is 25.5 Å². The Kier molecular flexibility index (Phi) is 6.29. The molecule has 1 amide bonds. The van der Waals surface area contributed by atoms with Crippen molar-refractivity contribution >= 4 is 17.5 Å². The maximum absolute atomic E-state index is 11.8. The van der Waals surface area contributed by atoms with E-state index in [1.807, 2.05) is 19.1 Å². The number of amides is 1. The van der Waals surface area contributed by atoms with Gasteiger partial charge in [-0.1, -0.05) is 17.7 Å². The van der Waals surface area contributed by atoms with Gasteiger partial charge < -0.3 is 20.1 Å². The van der Waals surface area contributed by atoms with Crippen LogP contribution in [0, 0.1) is 0 Å². The van der Waals surface area contributed by atoms with Gasteiger partial charge in [0, 0.05) is 24.0 Å². The molecule has 0 saturated carbocycles. The predicted octanol–water partition coefficient (Wildman–Crippen LogP) is 1.60. The van der Waals surface area contributed by atoms with E-state index in [0.29, 0.717) is 37.0 Å². The van der Waals surface area contributed by atoms with E-state index in [-0.39, 0.29) is 18.1 Å². The van der Waals surface area contributed by atoms with Crippen molar-refractivity contribution in [3.63, 3.8) is 0 Å². The molecule has 5 nitrogen and oxygen atoms in total. The summed E-state index contributed by atoms with van der Waals surface area (Å²) in [5.74, 6) is 0.700. The normalized spacial score (nSPS) is 19.8. The van der Waals surface area contributed by atoms with Gasteiger partial charge in [-0.05, 0) is 25.1 Å². The van der Waals surface area contributed by atoms with Gasteiger partial charge >= 0.3 is 0 Å². The summed E-state index contributed by atoms with van der Waals surface area (Å²) < 4.78 is 11.0. The molecule has 1 heterocycles. The molecule has 0 radical (unpaired) electrons. The van der Waals surface area contributed by atoms with Crippen molar-refractivity contribution in [2.24, 2.45) is 0 Å². The lowest BCUT2D eigenvalue weighted by molar-refractivity contribution is -0.122. The fourth-order valence-electron chi connectivity index (χ4n) is 2.12. The van der Waals surface area contributed by atoms with Crippen LogP contribution >= 0.6 is 11.6 Å². The number of hydrogen-bond acceptors (Lipinski definition) is 4. The molecule has 21 heavy (non-hydrogen) atoms. The Bertz CT molecular complexity index is 464. The summed E-state index contributed by atoms with van der Waals surface area (Å²) in [4.78, 5) is 11.8. The minimum Gasteiger partial charge on any atom is -0.489 e. The van der Waals surface area contributed by atoms with Crippen molar-refractivity contribution in [3.05, 3.63) is 29.3 Å². The molecule has 116 valence electrons. The van der Waals surface area contributed by atoms with Gasteiger partial charge in [-0.15, -0.1) is 0 Å². The standard InChI is InChI=1S/C15H21ClN2O3/c1-11(21-14-4-2-3-12(16)7-14)9-18-15(19)8-13-10-20-6-5-17-13/h2-4,7,11,13,17H,5-6,8-10H2,1H3,(H,18,19). The van der Waals surface area contributed by atoms with Crippen LogP contribution < -0.4 is 15.4 Å². The van der Waals surface area contributed by atoms with Crippen LogP contribution in [0.4, 0.5) is 0 Å². The van der Waals surface area contributed by atoms with Crippen molar-refractivity contribution in [3.8, 4) is 5.75 Å². The van der Waals surface area contributed by atoms with Gasteiger partial charge in [0.15, 0.2) is 0 Å². The maximum atomic E-state index is 11.8. The average Bonchev–Trinajstić information content (AvgIpc) is 2.46. The first kappa shape index (κ1) is 16.1. The van der Waals surface area contributed by atoms with Crippen molar-refractivity contribution in [1.82, 2.24) is 10.6 Å². The highest BCUT2D eigenvalue weighted by atomic mass is 35.5. The number of nitrogens with one attached hydrogen (secondary N) is 2. The number of carbonyl (C=O) groups is 1. The smallest absolute Gasteiger partial charge is 0.221 e. The largest absolute Gasteiger partial charge is 0.489 e. The summed E-state index contributed by atoms with van der Waals surface area (Å²) in [5, 5.41) is 6.76. The number of hydrogen-bond donors (Lipinski definition) is 2. The van der Waals surface area contributed by atoms with Crippen LogP contribution in [0.25, 0.3) is 0 Å².